The van der Waals surface area contributed by atoms with E-state index in [1.54, 1.807) is 17.3 Å². The van der Waals surface area contributed by atoms with Crippen LogP contribution < -0.4 is 10.7 Å². The summed E-state index contributed by atoms with van der Waals surface area (Å²) in [5.74, 6) is -1.64. The number of carbonyl (C=O) groups is 3. The second-order valence-corrected chi connectivity index (χ2v) is 12.4. The number of pyridine rings is 1. The van der Waals surface area contributed by atoms with E-state index in [0.717, 1.165) is 28.9 Å². The molecule has 0 atom stereocenters. The smallest absolute Gasteiger partial charge is 0.377 e. The summed E-state index contributed by atoms with van der Waals surface area (Å²) < 4.78 is 44.8. The van der Waals surface area contributed by atoms with Gasteiger partial charge in [-0.15, -0.1) is 0 Å². The van der Waals surface area contributed by atoms with E-state index in [-0.39, 0.29) is 48.5 Å². The van der Waals surface area contributed by atoms with E-state index in [2.05, 4.69) is 32.5 Å². The van der Waals surface area contributed by atoms with Crippen molar-refractivity contribution in [1.82, 2.24) is 35.2 Å². The molecule has 1 aromatic carbocycles. The first-order valence-electron chi connectivity index (χ1n) is 16.3. The number of H-pyrrole nitrogens is 1. The maximum absolute atomic E-state index is 14.3. The van der Waals surface area contributed by atoms with Crippen LogP contribution in [0.4, 0.5) is 18.9 Å². The second kappa shape index (κ2) is 16.4. The van der Waals surface area contributed by atoms with E-state index in [9.17, 15) is 27.6 Å². The first-order chi connectivity index (χ1) is 24.4. The zero-order valence-corrected chi connectivity index (χ0v) is 29.0. The van der Waals surface area contributed by atoms with Crippen LogP contribution in [0.1, 0.15) is 35.8 Å². The number of piperazine rings is 1. The number of hydrazone groups is 1. The van der Waals surface area contributed by atoms with Crippen molar-refractivity contribution in [2.45, 2.75) is 25.9 Å². The Balaban J connectivity index is 1.36. The molecule has 3 amide bonds. The van der Waals surface area contributed by atoms with E-state index < -0.39 is 30.1 Å². The standard InChI is InChI=1S/C34H39ClF3N9O4/c1-4-26(43-44(3)20-22-9-17-51-18-10-22)31(45-13-15-46(16-14-45)32(49)30-29-23(7-11-40-29)8-12-41-30)33(50)47(39-2)21-28(48)42-27-6-5-24(19-25(27)35)34(36,37)38/h5-9,11-12,19,40,43H,2,4,10,13-18,20-21H2,1,3H3,(H,42,48)/b31-26+. The Hall–Kier alpha value is -4.93. The van der Waals surface area contributed by atoms with Gasteiger partial charge in [-0.1, -0.05) is 30.2 Å². The molecule has 0 aliphatic carbocycles. The lowest BCUT2D eigenvalue weighted by Gasteiger charge is -2.38. The van der Waals surface area contributed by atoms with Crippen molar-refractivity contribution in [3.8, 4) is 0 Å². The van der Waals surface area contributed by atoms with Crippen LogP contribution in [0.25, 0.3) is 10.9 Å². The first kappa shape index (κ1) is 37.3. The first-order valence-corrected chi connectivity index (χ1v) is 16.6. The number of likely N-dealkylation sites (N-methyl/N-ethyl adjacent to an activating group) is 1. The molecule has 1 saturated heterocycles. The van der Waals surface area contributed by atoms with E-state index >= 15 is 0 Å². The topological polar surface area (TPSA) is 138 Å². The number of halogens is 4. The number of carbonyl (C=O) groups excluding carboxylic acids is 3. The molecule has 51 heavy (non-hydrogen) atoms. The highest BCUT2D eigenvalue weighted by Gasteiger charge is 2.33. The number of rotatable bonds is 12. The number of benzene rings is 1. The second-order valence-electron chi connectivity index (χ2n) is 12.0. The molecule has 3 N–H and O–H groups in total. The van der Waals surface area contributed by atoms with Crippen LogP contribution in [0, 0.1) is 0 Å². The van der Waals surface area contributed by atoms with Gasteiger partial charge in [0, 0.05) is 64.3 Å². The molecule has 2 aliphatic heterocycles. The van der Waals surface area contributed by atoms with Gasteiger partial charge in [0.15, 0.2) is 5.69 Å². The minimum Gasteiger partial charge on any atom is -0.377 e. The molecule has 0 saturated carbocycles. The average Bonchev–Trinajstić information content (AvgIpc) is 3.60. The lowest BCUT2D eigenvalue weighted by atomic mass is 10.1. The zero-order chi connectivity index (χ0) is 36.7. The van der Waals surface area contributed by atoms with Gasteiger partial charge in [-0.3, -0.25) is 14.4 Å². The third kappa shape index (κ3) is 9.06. The fraction of sp³-hybridized carbons (Fsp3) is 0.382. The average molecular weight is 730 g/mol. The molecule has 1 fully saturated rings. The van der Waals surface area contributed by atoms with Gasteiger partial charge >= 0.3 is 6.18 Å². The van der Waals surface area contributed by atoms with Crippen molar-refractivity contribution in [2.24, 2.45) is 5.10 Å². The highest BCUT2D eigenvalue weighted by molar-refractivity contribution is 6.33. The van der Waals surface area contributed by atoms with Gasteiger partial charge in [0.25, 0.3) is 11.8 Å². The quantitative estimate of drug-likeness (QED) is 0.107. The molecule has 13 nitrogen and oxygen atoms in total. The van der Waals surface area contributed by atoms with E-state index in [0.29, 0.717) is 49.2 Å². The third-order valence-corrected chi connectivity index (χ3v) is 8.81. The molecule has 3 aromatic rings. The van der Waals surface area contributed by atoms with Crippen LogP contribution in [-0.4, -0.2) is 114 Å². The number of alkyl halides is 3. The number of allylic oxidation sites excluding steroid dienone is 1. The number of nitrogens with zero attached hydrogens (tertiary/aromatic N) is 6. The van der Waals surface area contributed by atoms with Crippen molar-refractivity contribution in [1.29, 1.82) is 0 Å². The Labute approximate surface area is 297 Å². The summed E-state index contributed by atoms with van der Waals surface area (Å²) >= 11 is 6.04. The van der Waals surface area contributed by atoms with Crippen molar-refractivity contribution in [3.63, 3.8) is 0 Å². The molecule has 0 radical (unpaired) electrons. The fourth-order valence-electron chi connectivity index (χ4n) is 5.89. The fourth-order valence-corrected chi connectivity index (χ4v) is 6.12. The van der Waals surface area contributed by atoms with Crippen LogP contribution in [0.2, 0.25) is 5.02 Å². The molecule has 5 rings (SSSR count). The Morgan fingerprint density at radius 1 is 1.14 bits per heavy atom. The van der Waals surface area contributed by atoms with Crippen LogP contribution in [-0.2, 0) is 20.5 Å². The molecule has 4 heterocycles. The molecule has 2 aliphatic rings. The summed E-state index contributed by atoms with van der Waals surface area (Å²) in [4.78, 5) is 51.8. The van der Waals surface area contributed by atoms with Crippen LogP contribution >= 0.6 is 11.6 Å². The van der Waals surface area contributed by atoms with Crippen LogP contribution in [0.15, 0.2) is 70.9 Å². The van der Waals surface area contributed by atoms with Crippen LogP contribution in [0.5, 0.6) is 0 Å². The highest BCUT2D eigenvalue weighted by Crippen LogP contribution is 2.34. The highest BCUT2D eigenvalue weighted by atomic mass is 35.5. The Morgan fingerprint density at radius 3 is 2.53 bits per heavy atom. The van der Waals surface area contributed by atoms with Gasteiger partial charge < -0.3 is 30.3 Å². The number of anilines is 1. The number of hydrogen-bond donors (Lipinski definition) is 3. The number of hydrogen-bond acceptors (Lipinski definition) is 9. The predicted octanol–water partition coefficient (Wildman–Crippen LogP) is 4.48. The minimum absolute atomic E-state index is 0.0628. The number of aromatic amines is 1. The van der Waals surface area contributed by atoms with Gasteiger partial charge in [-0.05, 0) is 43.2 Å². The number of amides is 3. The summed E-state index contributed by atoms with van der Waals surface area (Å²) in [6.07, 6.45) is 1.91. The number of aromatic nitrogens is 2. The van der Waals surface area contributed by atoms with E-state index in [1.807, 2.05) is 42.1 Å². The minimum atomic E-state index is -4.61. The van der Waals surface area contributed by atoms with Crippen molar-refractivity contribution in [3.05, 3.63) is 82.0 Å². The Bertz CT molecular complexity index is 1840. The normalized spacial score (nSPS) is 15.7. The summed E-state index contributed by atoms with van der Waals surface area (Å²) in [6.45, 7) is 7.62. The maximum atomic E-state index is 14.3. The van der Waals surface area contributed by atoms with E-state index in [4.69, 9.17) is 16.3 Å². The number of fused-ring (bicyclic) bond motifs is 1. The summed E-state index contributed by atoms with van der Waals surface area (Å²) in [5, 5.41) is 9.57. The van der Waals surface area contributed by atoms with Gasteiger partial charge in [0.05, 0.1) is 40.7 Å². The molecule has 0 bridgehead atoms. The number of nitrogens with one attached hydrogen (secondary N) is 3. The summed E-state index contributed by atoms with van der Waals surface area (Å²) in [5.41, 5.74) is 5.21. The van der Waals surface area contributed by atoms with E-state index in [1.165, 1.54) is 5.57 Å². The molecule has 272 valence electrons. The maximum Gasteiger partial charge on any atom is 0.416 e. The lowest BCUT2D eigenvalue weighted by molar-refractivity contribution is -0.137. The lowest BCUT2D eigenvalue weighted by Crippen LogP contribution is -2.52. The molecule has 17 heteroatoms. The molecule has 2 aromatic heterocycles. The Kier molecular flexibility index (Phi) is 12.0. The third-order valence-electron chi connectivity index (χ3n) is 8.49. The van der Waals surface area contributed by atoms with Gasteiger partial charge in [-0.2, -0.15) is 18.3 Å². The molecular weight excluding hydrogens is 691 g/mol. The number of hydrazine groups is 1. The largest absolute Gasteiger partial charge is 0.416 e. The van der Waals surface area contributed by atoms with Gasteiger partial charge in [-0.25, -0.2) is 15.0 Å². The molecular formula is C34H39ClF3N9O4. The van der Waals surface area contributed by atoms with Crippen LogP contribution in [0.3, 0.4) is 0 Å². The number of ether oxygens (including phenoxy) is 1. The van der Waals surface area contributed by atoms with Crippen molar-refractivity contribution in [2.75, 3.05) is 64.8 Å². The molecule has 0 unspecified atom stereocenters. The van der Waals surface area contributed by atoms with Gasteiger partial charge in [0.1, 0.15) is 12.2 Å². The monoisotopic (exact) mass is 729 g/mol. The van der Waals surface area contributed by atoms with Gasteiger partial charge in [0.2, 0.25) is 5.91 Å². The predicted molar refractivity (Wildman–Crippen MR) is 187 cm³/mol. The summed E-state index contributed by atoms with van der Waals surface area (Å²) in [6, 6.07) is 6.22. The molecule has 0 spiro atoms. The Morgan fingerprint density at radius 2 is 1.88 bits per heavy atom. The summed E-state index contributed by atoms with van der Waals surface area (Å²) in [7, 11) is 1.85. The van der Waals surface area contributed by atoms with Crippen molar-refractivity contribution < 1.29 is 32.3 Å². The zero-order valence-electron chi connectivity index (χ0n) is 28.2. The van der Waals surface area contributed by atoms with Crippen molar-refractivity contribution >= 4 is 52.6 Å². The SMILES string of the molecule is C=NN(CC(=O)Nc1ccc(C(F)(F)F)cc1Cl)C(=O)/C(=C(/CC)NN(C)CC1=CCOCC1)N1CCN(C(=O)c2nccc3cc[nH]c23)CC1.